The van der Waals surface area contributed by atoms with E-state index in [1.807, 2.05) is 13.8 Å². The van der Waals surface area contributed by atoms with Crippen molar-refractivity contribution >= 4 is 35.3 Å². The number of allylic oxidation sites excluding steroid dienone is 1. The Hall–Kier alpha value is -3.16. The lowest BCUT2D eigenvalue weighted by Gasteiger charge is -2.29. The van der Waals surface area contributed by atoms with E-state index in [0.29, 0.717) is 53.5 Å². The molecule has 0 saturated heterocycles. The van der Waals surface area contributed by atoms with Gasteiger partial charge < -0.3 is 14.9 Å². The Kier molecular flexibility index (Phi) is 8.79. The molecule has 0 saturated carbocycles. The number of amides is 2. The number of anilines is 2. The van der Waals surface area contributed by atoms with Crippen molar-refractivity contribution in [1.82, 2.24) is 0 Å². The van der Waals surface area contributed by atoms with Gasteiger partial charge in [-0.3, -0.25) is 14.6 Å². The molecule has 0 spiro atoms. The normalized spacial score (nSPS) is 16.6. The van der Waals surface area contributed by atoms with Crippen LogP contribution in [0.1, 0.15) is 66.7 Å². The Balaban J connectivity index is 2.63. The molecule has 2 amide bonds. The Labute approximate surface area is 196 Å². The van der Waals surface area contributed by atoms with Crippen LogP contribution in [0.3, 0.4) is 0 Å². The zero-order valence-electron chi connectivity index (χ0n) is 20.8. The molecule has 8 heteroatoms. The molecule has 8 nitrogen and oxygen atoms in total. The predicted octanol–water partition coefficient (Wildman–Crippen LogP) is 5.71. The third-order valence-corrected chi connectivity index (χ3v) is 5.14. The Bertz CT molecular complexity index is 960. The van der Waals surface area contributed by atoms with E-state index in [1.165, 1.54) is 12.0 Å². The van der Waals surface area contributed by atoms with E-state index in [9.17, 15) is 9.59 Å². The summed E-state index contributed by atoms with van der Waals surface area (Å²) in [5.41, 5.74) is 1.47. The molecule has 1 aromatic carbocycles. The van der Waals surface area contributed by atoms with Gasteiger partial charge in [0, 0.05) is 31.0 Å². The number of nitrogens with one attached hydrogen (secondary N) is 1. The van der Waals surface area contributed by atoms with Gasteiger partial charge in [0.1, 0.15) is 17.2 Å². The molecule has 0 radical (unpaired) electrons. The topological polar surface area (TPSA) is 95.3 Å². The van der Waals surface area contributed by atoms with Gasteiger partial charge in [-0.15, -0.1) is 0 Å². The second kappa shape index (κ2) is 11.1. The van der Waals surface area contributed by atoms with Crippen LogP contribution in [0.15, 0.2) is 34.6 Å². The summed E-state index contributed by atoms with van der Waals surface area (Å²) in [6.07, 6.45) is 4.48. The van der Waals surface area contributed by atoms with Crippen LogP contribution in [-0.2, 0) is 9.53 Å². The van der Waals surface area contributed by atoms with Crippen LogP contribution in [0.5, 0.6) is 5.75 Å². The van der Waals surface area contributed by atoms with E-state index in [0.717, 1.165) is 12.8 Å². The van der Waals surface area contributed by atoms with Crippen molar-refractivity contribution in [2.75, 3.05) is 24.0 Å². The molecule has 2 rings (SSSR count). The number of nitrogens with zero attached hydrogens (tertiary/aromatic N) is 3. The van der Waals surface area contributed by atoms with Crippen LogP contribution >= 0.6 is 0 Å². The zero-order chi connectivity index (χ0) is 24.8. The molecular formula is C25H36N4O4. The van der Waals surface area contributed by atoms with Gasteiger partial charge in [0.05, 0.1) is 18.5 Å². The van der Waals surface area contributed by atoms with Crippen molar-refractivity contribution in [2.45, 2.75) is 72.3 Å². The Morgan fingerprint density at radius 2 is 1.94 bits per heavy atom. The summed E-state index contributed by atoms with van der Waals surface area (Å²) < 4.78 is 11.0. The molecule has 0 atom stereocenters. The van der Waals surface area contributed by atoms with Gasteiger partial charge >= 0.3 is 6.09 Å². The zero-order valence-corrected chi connectivity index (χ0v) is 20.8. The number of carbonyl (C=O) groups is 2. The van der Waals surface area contributed by atoms with Crippen LogP contribution in [-0.4, -0.2) is 43.7 Å². The monoisotopic (exact) mass is 456 g/mol. The molecule has 0 bridgehead atoms. The summed E-state index contributed by atoms with van der Waals surface area (Å²) in [6, 6.07) is 5.19. The summed E-state index contributed by atoms with van der Waals surface area (Å²) in [4.78, 5) is 33.5. The molecule has 0 unspecified atom stereocenters. The van der Waals surface area contributed by atoms with E-state index >= 15 is 0 Å². The minimum Gasteiger partial charge on any atom is -0.495 e. The average molecular weight is 457 g/mol. The lowest BCUT2D eigenvalue weighted by molar-refractivity contribution is -0.118. The standard InChI is InChI=1S/C25H36N4O4/c1-8-11-22(30)29(23-17(2)19(26)12-9-10-15-27-23)18-13-14-21(32-7)20(16-18)28(6)24(31)33-25(3,4)5/h13-16,26H,8-12H2,1-7H3/b23-17+,26-19?,27-15?. The van der Waals surface area contributed by atoms with Gasteiger partial charge in [0.25, 0.3) is 0 Å². The van der Waals surface area contributed by atoms with Crippen molar-refractivity contribution in [3.05, 3.63) is 29.6 Å². The molecular weight excluding hydrogens is 420 g/mol. The molecule has 180 valence electrons. The van der Waals surface area contributed by atoms with Crippen molar-refractivity contribution in [1.29, 1.82) is 5.41 Å². The smallest absolute Gasteiger partial charge is 0.414 e. The minimum atomic E-state index is -0.658. The minimum absolute atomic E-state index is 0.131. The van der Waals surface area contributed by atoms with Crippen molar-refractivity contribution in [3.8, 4) is 5.75 Å². The third kappa shape index (κ3) is 6.66. The molecule has 1 N–H and O–H groups in total. The number of ether oxygens (including phenoxy) is 2. The molecule has 1 heterocycles. The second-order valence-corrected chi connectivity index (χ2v) is 9.01. The highest BCUT2D eigenvalue weighted by Gasteiger charge is 2.27. The Morgan fingerprint density at radius 1 is 1.24 bits per heavy atom. The van der Waals surface area contributed by atoms with Crippen LogP contribution < -0.4 is 14.5 Å². The van der Waals surface area contributed by atoms with Crippen molar-refractivity contribution in [2.24, 2.45) is 4.99 Å². The Morgan fingerprint density at radius 3 is 2.55 bits per heavy atom. The largest absolute Gasteiger partial charge is 0.495 e. The molecule has 1 aliphatic rings. The third-order valence-electron chi connectivity index (χ3n) is 5.14. The van der Waals surface area contributed by atoms with Crippen LogP contribution in [0.25, 0.3) is 0 Å². The quantitative estimate of drug-likeness (QED) is 0.593. The summed E-state index contributed by atoms with van der Waals surface area (Å²) >= 11 is 0. The lowest BCUT2D eigenvalue weighted by atomic mass is 10.0. The van der Waals surface area contributed by atoms with E-state index in [1.54, 1.807) is 57.1 Å². The highest BCUT2D eigenvalue weighted by atomic mass is 16.6. The summed E-state index contributed by atoms with van der Waals surface area (Å²) in [5.74, 6) is 0.775. The fraction of sp³-hybridized carbons (Fsp3) is 0.520. The summed E-state index contributed by atoms with van der Waals surface area (Å²) in [7, 11) is 3.12. The van der Waals surface area contributed by atoms with Crippen LogP contribution in [0, 0.1) is 5.41 Å². The molecule has 0 fully saturated rings. The highest BCUT2D eigenvalue weighted by Crippen LogP contribution is 2.35. The lowest BCUT2D eigenvalue weighted by Crippen LogP contribution is -2.35. The average Bonchev–Trinajstić information content (AvgIpc) is 2.74. The van der Waals surface area contributed by atoms with Gasteiger partial charge in [-0.05, 0) is 71.6 Å². The highest BCUT2D eigenvalue weighted by molar-refractivity contribution is 6.04. The second-order valence-electron chi connectivity index (χ2n) is 9.01. The summed E-state index contributed by atoms with van der Waals surface area (Å²) in [5, 5.41) is 8.42. The first-order valence-electron chi connectivity index (χ1n) is 11.3. The molecule has 1 aromatic rings. The number of methoxy groups -OCH3 is 1. The van der Waals surface area contributed by atoms with Crippen molar-refractivity contribution in [3.63, 3.8) is 0 Å². The molecule has 0 aliphatic carbocycles. The van der Waals surface area contributed by atoms with Gasteiger partial charge in [-0.25, -0.2) is 9.79 Å². The van der Waals surface area contributed by atoms with Crippen LogP contribution in [0.2, 0.25) is 0 Å². The van der Waals surface area contributed by atoms with Gasteiger partial charge in [-0.1, -0.05) is 6.92 Å². The summed E-state index contributed by atoms with van der Waals surface area (Å²) in [6.45, 7) is 9.16. The molecule has 0 aromatic heterocycles. The van der Waals surface area contributed by atoms with E-state index < -0.39 is 11.7 Å². The van der Waals surface area contributed by atoms with Gasteiger partial charge in [-0.2, -0.15) is 0 Å². The SMILES string of the molecule is CCCC(=O)N(/C1=C(\C)C(=N)CCCC=N1)c1ccc(OC)c(N(C)C(=O)OC(C)(C)C)c1. The van der Waals surface area contributed by atoms with E-state index in [-0.39, 0.29) is 5.91 Å². The fourth-order valence-electron chi connectivity index (χ4n) is 3.38. The molecule has 33 heavy (non-hydrogen) atoms. The number of hydrogen-bond acceptors (Lipinski definition) is 6. The number of aliphatic imine (C=N–C) groups is 1. The number of hydrogen-bond donors (Lipinski definition) is 1. The first-order chi connectivity index (χ1) is 15.5. The maximum atomic E-state index is 13.3. The van der Waals surface area contributed by atoms with Crippen molar-refractivity contribution < 1.29 is 19.1 Å². The maximum Gasteiger partial charge on any atom is 0.414 e. The number of rotatable bonds is 6. The first-order valence-corrected chi connectivity index (χ1v) is 11.3. The fourth-order valence-corrected chi connectivity index (χ4v) is 3.38. The molecule has 1 aliphatic heterocycles. The van der Waals surface area contributed by atoms with Gasteiger partial charge in [0.15, 0.2) is 0 Å². The van der Waals surface area contributed by atoms with E-state index in [4.69, 9.17) is 14.9 Å². The maximum absolute atomic E-state index is 13.3. The number of benzene rings is 1. The van der Waals surface area contributed by atoms with Gasteiger partial charge in [0.2, 0.25) is 5.91 Å². The predicted molar refractivity (Wildman–Crippen MR) is 133 cm³/mol. The van der Waals surface area contributed by atoms with Crippen LogP contribution in [0.4, 0.5) is 16.2 Å². The van der Waals surface area contributed by atoms with E-state index in [2.05, 4.69) is 4.99 Å². The number of carbonyl (C=O) groups excluding carboxylic acids is 2. The first kappa shape index (κ1) is 26.1.